The van der Waals surface area contributed by atoms with Gasteiger partial charge in [0.2, 0.25) is 0 Å². The Hall–Kier alpha value is -2.59. The van der Waals surface area contributed by atoms with Crippen molar-refractivity contribution >= 4 is 23.7 Å². The third-order valence-corrected chi connectivity index (χ3v) is 4.51. The number of benzene rings is 2. The van der Waals surface area contributed by atoms with Crippen molar-refractivity contribution in [2.45, 2.75) is 18.9 Å². The summed E-state index contributed by atoms with van der Waals surface area (Å²) in [6.07, 6.45) is 7.98. The highest BCUT2D eigenvalue weighted by molar-refractivity contribution is 6.30. The predicted octanol–water partition coefficient (Wildman–Crippen LogP) is 4.45. The molecule has 0 bridgehead atoms. The highest BCUT2D eigenvalue weighted by atomic mass is 35.5. The standard InChI is InChI=1S/C21H22ClN3O/c22-19-12-10-17(11-13-19)20(9-6-14-23-25-15-4-5-16-25)24-21(26)18-7-2-1-3-8-18/h1-3,6-14,20H,4-5,15-16H2,(H,24,26)/b9-6-,23-14+/t20-/m1/s1. The predicted molar refractivity (Wildman–Crippen MR) is 107 cm³/mol. The molecular weight excluding hydrogens is 346 g/mol. The van der Waals surface area contributed by atoms with Crippen LogP contribution in [0.25, 0.3) is 0 Å². The molecule has 3 rings (SSSR count). The van der Waals surface area contributed by atoms with Crippen LogP contribution in [0.4, 0.5) is 0 Å². The van der Waals surface area contributed by atoms with Crippen molar-refractivity contribution in [1.29, 1.82) is 0 Å². The summed E-state index contributed by atoms with van der Waals surface area (Å²) in [4.78, 5) is 12.5. The summed E-state index contributed by atoms with van der Waals surface area (Å²) in [5.41, 5.74) is 1.59. The molecule has 1 fully saturated rings. The summed E-state index contributed by atoms with van der Waals surface area (Å²) in [6.45, 7) is 2.02. The zero-order valence-corrected chi connectivity index (χ0v) is 15.3. The van der Waals surface area contributed by atoms with Gasteiger partial charge >= 0.3 is 0 Å². The molecule has 0 aromatic heterocycles. The number of nitrogens with one attached hydrogen (secondary N) is 1. The fourth-order valence-electron chi connectivity index (χ4n) is 2.84. The first-order chi connectivity index (χ1) is 12.7. The van der Waals surface area contributed by atoms with Crippen LogP contribution in [-0.4, -0.2) is 30.2 Å². The van der Waals surface area contributed by atoms with E-state index in [9.17, 15) is 4.79 Å². The van der Waals surface area contributed by atoms with Crippen LogP contribution >= 0.6 is 11.6 Å². The third-order valence-electron chi connectivity index (χ3n) is 4.25. The second-order valence-corrected chi connectivity index (χ2v) is 6.62. The van der Waals surface area contributed by atoms with Gasteiger partial charge < -0.3 is 5.32 Å². The largest absolute Gasteiger partial charge is 0.342 e. The minimum Gasteiger partial charge on any atom is -0.342 e. The topological polar surface area (TPSA) is 44.7 Å². The second-order valence-electron chi connectivity index (χ2n) is 6.18. The molecule has 2 aromatic carbocycles. The van der Waals surface area contributed by atoms with E-state index in [0.717, 1.165) is 18.7 Å². The molecule has 1 saturated heterocycles. The van der Waals surface area contributed by atoms with Crippen LogP contribution in [0.3, 0.4) is 0 Å². The molecule has 4 nitrogen and oxygen atoms in total. The zero-order valence-electron chi connectivity index (χ0n) is 14.5. The molecule has 1 heterocycles. The maximum absolute atomic E-state index is 12.5. The van der Waals surface area contributed by atoms with Crippen LogP contribution in [0.5, 0.6) is 0 Å². The number of hydrazone groups is 1. The summed E-state index contributed by atoms with van der Waals surface area (Å²) < 4.78 is 0. The number of hydrogen-bond donors (Lipinski definition) is 1. The molecule has 0 aliphatic carbocycles. The first kappa shape index (κ1) is 18.2. The molecule has 26 heavy (non-hydrogen) atoms. The summed E-state index contributed by atoms with van der Waals surface area (Å²) in [5, 5.41) is 10.2. The van der Waals surface area contributed by atoms with Gasteiger partial charge in [-0.3, -0.25) is 9.80 Å². The molecule has 0 spiro atoms. The summed E-state index contributed by atoms with van der Waals surface area (Å²) in [5.74, 6) is -0.119. The lowest BCUT2D eigenvalue weighted by Gasteiger charge is -2.16. The number of nitrogens with zero attached hydrogens (tertiary/aromatic N) is 2. The van der Waals surface area contributed by atoms with E-state index in [-0.39, 0.29) is 11.9 Å². The Bertz CT molecular complexity index is 766. The Morgan fingerprint density at radius 2 is 1.77 bits per heavy atom. The molecule has 134 valence electrons. The fourth-order valence-corrected chi connectivity index (χ4v) is 2.96. The molecule has 1 atom stereocenters. The van der Waals surface area contributed by atoms with Crippen molar-refractivity contribution in [3.05, 3.63) is 82.9 Å². The summed E-state index contributed by atoms with van der Waals surface area (Å²) >= 11 is 5.99. The summed E-state index contributed by atoms with van der Waals surface area (Å²) in [6, 6.07) is 16.4. The van der Waals surface area contributed by atoms with Crippen LogP contribution in [0.2, 0.25) is 5.02 Å². The molecule has 0 saturated carbocycles. The lowest BCUT2D eigenvalue weighted by molar-refractivity contribution is 0.0944. The number of amides is 1. The lowest BCUT2D eigenvalue weighted by Crippen LogP contribution is -2.27. The first-order valence-corrected chi connectivity index (χ1v) is 9.17. The van der Waals surface area contributed by atoms with Gasteiger partial charge in [0.15, 0.2) is 0 Å². The Labute approximate surface area is 159 Å². The molecular formula is C21H22ClN3O. The Balaban J connectivity index is 1.72. The zero-order chi connectivity index (χ0) is 18.2. The van der Waals surface area contributed by atoms with Gasteiger partial charge in [-0.25, -0.2) is 0 Å². The van der Waals surface area contributed by atoms with Gasteiger partial charge in [0.25, 0.3) is 5.91 Å². The highest BCUT2D eigenvalue weighted by Crippen LogP contribution is 2.18. The molecule has 2 aromatic rings. The SMILES string of the molecule is O=C(N[C@H](/C=C\C=N\N1CCCC1)c1ccc(Cl)cc1)c1ccccc1. The average Bonchev–Trinajstić information content (AvgIpc) is 3.19. The van der Waals surface area contributed by atoms with E-state index in [2.05, 4.69) is 15.4 Å². The van der Waals surface area contributed by atoms with Crippen molar-refractivity contribution in [1.82, 2.24) is 10.3 Å². The van der Waals surface area contributed by atoms with Crippen LogP contribution in [0.1, 0.15) is 34.8 Å². The molecule has 1 aliphatic rings. The van der Waals surface area contributed by atoms with Gasteiger partial charge in [-0.05, 0) is 48.7 Å². The fraction of sp³-hybridized carbons (Fsp3) is 0.238. The van der Waals surface area contributed by atoms with Gasteiger partial charge in [-0.1, -0.05) is 48.0 Å². The molecule has 1 aliphatic heterocycles. The van der Waals surface area contributed by atoms with E-state index in [1.807, 2.05) is 54.6 Å². The number of allylic oxidation sites excluding steroid dienone is 1. The number of halogens is 1. The lowest BCUT2D eigenvalue weighted by atomic mass is 10.1. The molecule has 1 N–H and O–H groups in total. The van der Waals surface area contributed by atoms with E-state index >= 15 is 0 Å². The maximum Gasteiger partial charge on any atom is 0.252 e. The normalized spacial score (nSPS) is 15.7. The minimum absolute atomic E-state index is 0.119. The van der Waals surface area contributed by atoms with Crippen LogP contribution < -0.4 is 5.32 Å². The Morgan fingerprint density at radius 3 is 2.46 bits per heavy atom. The third kappa shape index (κ3) is 5.20. The molecule has 1 amide bonds. The minimum atomic E-state index is -0.259. The second kappa shape index (κ2) is 9.20. The quantitative estimate of drug-likeness (QED) is 0.766. The van der Waals surface area contributed by atoms with Crippen molar-refractivity contribution in [2.24, 2.45) is 5.10 Å². The van der Waals surface area contributed by atoms with Crippen LogP contribution in [0.15, 0.2) is 71.9 Å². The average molecular weight is 368 g/mol. The molecule has 0 radical (unpaired) electrons. The van der Waals surface area contributed by atoms with E-state index < -0.39 is 0 Å². The van der Waals surface area contributed by atoms with E-state index in [0.29, 0.717) is 10.6 Å². The van der Waals surface area contributed by atoms with Gasteiger partial charge in [-0.2, -0.15) is 5.10 Å². The molecule has 5 heteroatoms. The van der Waals surface area contributed by atoms with Gasteiger partial charge in [0, 0.05) is 29.9 Å². The maximum atomic E-state index is 12.5. The Morgan fingerprint density at radius 1 is 1.08 bits per heavy atom. The summed E-state index contributed by atoms with van der Waals surface area (Å²) in [7, 11) is 0. The van der Waals surface area contributed by atoms with Gasteiger partial charge in [0.1, 0.15) is 0 Å². The van der Waals surface area contributed by atoms with E-state index in [1.54, 1.807) is 18.3 Å². The number of carbonyl (C=O) groups is 1. The monoisotopic (exact) mass is 367 g/mol. The van der Waals surface area contributed by atoms with Crippen molar-refractivity contribution in [3.8, 4) is 0 Å². The van der Waals surface area contributed by atoms with Crippen molar-refractivity contribution < 1.29 is 4.79 Å². The smallest absolute Gasteiger partial charge is 0.252 e. The van der Waals surface area contributed by atoms with Gasteiger partial charge in [-0.15, -0.1) is 0 Å². The Kier molecular flexibility index (Phi) is 6.45. The molecule has 0 unspecified atom stereocenters. The van der Waals surface area contributed by atoms with Crippen LogP contribution in [-0.2, 0) is 0 Å². The van der Waals surface area contributed by atoms with Crippen LogP contribution in [0, 0.1) is 0 Å². The van der Waals surface area contributed by atoms with Gasteiger partial charge in [0.05, 0.1) is 6.04 Å². The van der Waals surface area contributed by atoms with E-state index in [1.165, 1.54) is 12.8 Å². The van der Waals surface area contributed by atoms with Crippen molar-refractivity contribution in [2.75, 3.05) is 13.1 Å². The van der Waals surface area contributed by atoms with E-state index in [4.69, 9.17) is 11.6 Å². The van der Waals surface area contributed by atoms with Crippen molar-refractivity contribution in [3.63, 3.8) is 0 Å². The number of rotatable bonds is 6. The highest BCUT2D eigenvalue weighted by Gasteiger charge is 2.13. The number of carbonyl (C=O) groups excluding carboxylic acids is 1. The number of hydrogen-bond acceptors (Lipinski definition) is 3. The first-order valence-electron chi connectivity index (χ1n) is 8.79.